The highest BCUT2D eigenvalue weighted by atomic mass is 32.1. The largest absolute Gasteiger partial charge is 0.480 e. The van der Waals surface area contributed by atoms with Gasteiger partial charge in [-0.05, 0) is 6.92 Å². The molecule has 1 rings (SSSR count). The summed E-state index contributed by atoms with van der Waals surface area (Å²) < 4.78 is 4.10. The molecule has 0 fully saturated rings. The molecule has 0 saturated heterocycles. The summed E-state index contributed by atoms with van der Waals surface area (Å²) in [6.45, 7) is 5.55. The Bertz CT molecular complexity index is 324. The Labute approximate surface area is 86.3 Å². The maximum atomic E-state index is 10.5. The number of hydrogen-bond acceptors (Lipinski definition) is 5. The molecule has 78 valence electrons. The van der Waals surface area contributed by atoms with Crippen molar-refractivity contribution in [2.24, 2.45) is 0 Å². The molecule has 0 aliphatic rings. The summed E-state index contributed by atoms with van der Waals surface area (Å²) in [7, 11) is 0. The topological polar surface area (TPSA) is 75.1 Å². The summed E-state index contributed by atoms with van der Waals surface area (Å²) >= 11 is 1.19. The van der Waals surface area contributed by atoms with E-state index in [9.17, 15) is 4.79 Å². The molecule has 2 N–H and O–H groups in total. The van der Waals surface area contributed by atoms with Crippen LogP contribution in [0.2, 0.25) is 0 Å². The van der Waals surface area contributed by atoms with E-state index in [1.807, 2.05) is 13.8 Å². The monoisotopic (exact) mass is 215 g/mol. The van der Waals surface area contributed by atoms with Gasteiger partial charge >= 0.3 is 5.97 Å². The van der Waals surface area contributed by atoms with Gasteiger partial charge in [0.1, 0.15) is 11.9 Å². The minimum absolute atomic E-state index is 0.266. The normalized spacial score (nSPS) is 12.9. The van der Waals surface area contributed by atoms with Gasteiger partial charge in [0.15, 0.2) is 0 Å². The lowest BCUT2D eigenvalue weighted by Crippen LogP contribution is -2.25. The van der Waals surface area contributed by atoms with Crippen LogP contribution in [0, 0.1) is 0 Å². The molecule has 0 bridgehead atoms. The van der Waals surface area contributed by atoms with E-state index in [0.29, 0.717) is 5.13 Å². The smallest absolute Gasteiger partial charge is 0.325 e. The van der Waals surface area contributed by atoms with Crippen LogP contribution in [0.3, 0.4) is 0 Å². The number of nitrogens with one attached hydrogen (secondary N) is 1. The lowest BCUT2D eigenvalue weighted by molar-refractivity contribution is -0.137. The first-order chi connectivity index (χ1) is 6.50. The van der Waals surface area contributed by atoms with Crippen molar-refractivity contribution >= 4 is 22.6 Å². The molecule has 1 aromatic rings. The van der Waals surface area contributed by atoms with E-state index in [1.165, 1.54) is 11.5 Å². The van der Waals surface area contributed by atoms with Crippen molar-refractivity contribution in [3.05, 3.63) is 5.82 Å². The Balaban J connectivity index is 2.64. The summed E-state index contributed by atoms with van der Waals surface area (Å²) in [4.78, 5) is 14.7. The fourth-order valence-corrected chi connectivity index (χ4v) is 1.57. The summed E-state index contributed by atoms with van der Waals surface area (Å²) in [5, 5.41) is 12.0. The van der Waals surface area contributed by atoms with Gasteiger partial charge in [-0.3, -0.25) is 4.79 Å². The predicted molar refractivity (Wildman–Crippen MR) is 54.7 cm³/mol. The van der Waals surface area contributed by atoms with Crippen LogP contribution in [0.4, 0.5) is 5.13 Å². The van der Waals surface area contributed by atoms with Gasteiger partial charge in [0.05, 0.1) is 0 Å². The van der Waals surface area contributed by atoms with Gasteiger partial charge in [-0.1, -0.05) is 13.8 Å². The maximum absolute atomic E-state index is 10.5. The van der Waals surface area contributed by atoms with E-state index in [-0.39, 0.29) is 5.92 Å². The third-order valence-corrected chi connectivity index (χ3v) is 2.33. The van der Waals surface area contributed by atoms with Gasteiger partial charge in [-0.25, -0.2) is 4.98 Å². The van der Waals surface area contributed by atoms with Gasteiger partial charge in [0.25, 0.3) is 0 Å². The number of carboxylic acid groups (broad SMARTS) is 1. The highest BCUT2D eigenvalue weighted by Crippen LogP contribution is 2.17. The SMILES string of the molecule is CC(Nc1nc(C(C)C)ns1)C(=O)O. The molecule has 0 saturated carbocycles. The van der Waals surface area contributed by atoms with E-state index in [2.05, 4.69) is 14.7 Å². The molecule has 0 amide bonds. The van der Waals surface area contributed by atoms with Crippen molar-refractivity contribution in [2.45, 2.75) is 32.7 Å². The molecule has 14 heavy (non-hydrogen) atoms. The Hall–Kier alpha value is -1.17. The Morgan fingerprint density at radius 3 is 2.57 bits per heavy atom. The number of carbonyl (C=O) groups is 1. The molecular weight excluding hydrogens is 202 g/mol. The van der Waals surface area contributed by atoms with Crippen LogP contribution in [0.5, 0.6) is 0 Å². The Morgan fingerprint density at radius 1 is 1.50 bits per heavy atom. The van der Waals surface area contributed by atoms with Crippen LogP contribution in [-0.4, -0.2) is 26.5 Å². The van der Waals surface area contributed by atoms with Crippen LogP contribution in [0.1, 0.15) is 32.5 Å². The molecule has 0 spiro atoms. The van der Waals surface area contributed by atoms with Crippen molar-refractivity contribution < 1.29 is 9.90 Å². The molecule has 0 aromatic carbocycles. The van der Waals surface area contributed by atoms with Gasteiger partial charge in [0, 0.05) is 17.5 Å². The second-order valence-electron chi connectivity index (χ2n) is 3.32. The van der Waals surface area contributed by atoms with Crippen LogP contribution >= 0.6 is 11.5 Å². The number of hydrogen-bond donors (Lipinski definition) is 2. The minimum atomic E-state index is -0.897. The average molecular weight is 215 g/mol. The average Bonchev–Trinajstić information content (AvgIpc) is 2.52. The number of anilines is 1. The molecule has 1 aromatic heterocycles. The Kier molecular flexibility index (Phi) is 3.40. The zero-order chi connectivity index (χ0) is 10.7. The van der Waals surface area contributed by atoms with Crippen LogP contribution < -0.4 is 5.32 Å². The second kappa shape index (κ2) is 4.36. The van der Waals surface area contributed by atoms with E-state index < -0.39 is 12.0 Å². The zero-order valence-corrected chi connectivity index (χ0v) is 9.13. The number of carboxylic acids is 1. The summed E-state index contributed by atoms with van der Waals surface area (Å²) in [5.41, 5.74) is 0. The van der Waals surface area contributed by atoms with Crippen molar-refractivity contribution in [3.63, 3.8) is 0 Å². The van der Waals surface area contributed by atoms with Crippen LogP contribution in [-0.2, 0) is 4.79 Å². The summed E-state index contributed by atoms with van der Waals surface area (Å²) in [6, 6.07) is -0.636. The van der Waals surface area contributed by atoms with Crippen molar-refractivity contribution in [2.75, 3.05) is 5.32 Å². The maximum Gasteiger partial charge on any atom is 0.325 e. The first kappa shape index (κ1) is 10.9. The Morgan fingerprint density at radius 2 is 2.14 bits per heavy atom. The number of aromatic nitrogens is 2. The van der Waals surface area contributed by atoms with Crippen molar-refractivity contribution in [3.8, 4) is 0 Å². The van der Waals surface area contributed by atoms with Gasteiger partial charge in [0.2, 0.25) is 5.13 Å². The molecule has 0 aliphatic carbocycles. The molecule has 1 unspecified atom stereocenters. The first-order valence-corrected chi connectivity index (χ1v) is 5.11. The lowest BCUT2D eigenvalue weighted by atomic mass is 10.2. The highest BCUT2D eigenvalue weighted by Gasteiger charge is 2.13. The quantitative estimate of drug-likeness (QED) is 0.797. The molecule has 1 atom stereocenters. The number of rotatable bonds is 4. The lowest BCUT2D eigenvalue weighted by Gasteiger charge is -2.05. The standard InChI is InChI=1S/C8H13N3O2S/c1-4(2)6-10-8(14-11-6)9-5(3)7(12)13/h4-5H,1-3H3,(H,12,13)(H,9,10,11). The summed E-state index contributed by atoms with van der Waals surface area (Å²) in [5.74, 6) is 0.114. The third kappa shape index (κ3) is 2.66. The molecule has 5 nitrogen and oxygen atoms in total. The molecule has 6 heteroatoms. The molecular formula is C8H13N3O2S. The van der Waals surface area contributed by atoms with Gasteiger partial charge < -0.3 is 10.4 Å². The van der Waals surface area contributed by atoms with Crippen LogP contribution in [0.15, 0.2) is 0 Å². The third-order valence-electron chi connectivity index (χ3n) is 1.67. The molecule has 0 radical (unpaired) electrons. The van der Waals surface area contributed by atoms with E-state index in [4.69, 9.17) is 5.11 Å². The van der Waals surface area contributed by atoms with E-state index in [0.717, 1.165) is 5.82 Å². The second-order valence-corrected chi connectivity index (χ2v) is 4.07. The predicted octanol–water partition coefficient (Wildman–Crippen LogP) is 1.55. The number of aliphatic carboxylic acids is 1. The van der Waals surface area contributed by atoms with Crippen LogP contribution in [0.25, 0.3) is 0 Å². The van der Waals surface area contributed by atoms with E-state index in [1.54, 1.807) is 6.92 Å². The number of nitrogens with zero attached hydrogens (tertiary/aromatic N) is 2. The van der Waals surface area contributed by atoms with Gasteiger partial charge in [-0.15, -0.1) is 0 Å². The van der Waals surface area contributed by atoms with Crippen molar-refractivity contribution in [1.29, 1.82) is 0 Å². The summed E-state index contributed by atoms with van der Waals surface area (Å²) in [6.07, 6.45) is 0. The first-order valence-electron chi connectivity index (χ1n) is 4.33. The molecule has 0 aliphatic heterocycles. The fraction of sp³-hybridized carbons (Fsp3) is 0.625. The van der Waals surface area contributed by atoms with Gasteiger partial charge in [-0.2, -0.15) is 4.37 Å². The molecule has 1 heterocycles. The zero-order valence-electron chi connectivity index (χ0n) is 8.31. The van der Waals surface area contributed by atoms with Crippen molar-refractivity contribution in [1.82, 2.24) is 9.36 Å². The minimum Gasteiger partial charge on any atom is -0.480 e. The fourth-order valence-electron chi connectivity index (χ4n) is 0.775. The van der Waals surface area contributed by atoms with E-state index >= 15 is 0 Å². The highest BCUT2D eigenvalue weighted by molar-refractivity contribution is 7.09.